The number of urea groups is 1. The van der Waals surface area contributed by atoms with Crippen LogP contribution in [0.15, 0.2) is 39.8 Å². The molecule has 0 fully saturated rings. The number of carbonyl (C=O) groups is 1. The standard InChI is InChI=1S/C14H17N3O2S/c1-10-8-13(16-19-10)15-14(18)17(2)9-11-4-6-12(20-3)7-5-11/h4-8H,9H2,1-3H3,(H,15,16,18). The van der Waals surface area contributed by atoms with Crippen LogP contribution < -0.4 is 5.32 Å². The number of rotatable bonds is 4. The van der Waals surface area contributed by atoms with Crippen LogP contribution in [0.3, 0.4) is 0 Å². The fourth-order valence-corrected chi connectivity index (χ4v) is 2.12. The molecule has 6 heteroatoms. The van der Waals surface area contributed by atoms with E-state index in [9.17, 15) is 4.79 Å². The van der Waals surface area contributed by atoms with Gasteiger partial charge in [0, 0.05) is 24.6 Å². The van der Waals surface area contributed by atoms with E-state index < -0.39 is 0 Å². The van der Waals surface area contributed by atoms with E-state index in [1.54, 1.807) is 36.7 Å². The number of aryl methyl sites for hydroxylation is 1. The number of aromatic nitrogens is 1. The summed E-state index contributed by atoms with van der Waals surface area (Å²) in [7, 11) is 1.74. The third-order valence-corrected chi connectivity index (χ3v) is 3.53. The van der Waals surface area contributed by atoms with Crippen LogP contribution in [0.2, 0.25) is 0 Å². The van der Waals surface area contributed by atoms with Crippen LogP contribution in [0.4, 0.5) is 10.6 Å². The topological polar surface area (TPSA) is 58.4 Å². The Morgan fingerprint density at radius 2 is 2.10 bits per heavy atom. The van der Waals surface area contributed by atoms with Gasteiger partial charge < -0.3 is 9.42 Å². The van der Waals surface area contributed by atoms with Crippen LogP contribution in [0.5, 0.6) is 0 Å². The van der Waals surface area contributed by atoms with E-state index in [2.05, 4.69) is 10.5 Å². The lowest BCUT2D eigenvalue weighted by Gasteiger charge is -2.17. The highest BCUT2D eigenvalue weighted by atomic mass is 32.2. The number of benzene rings is 1. The molecule has 0 aliphatic heterocycles. The van der Waals surface area contributed by atoms with Crippen LogP contribution in [-0.2, 0) is 6.54 Å². The zero-order valence-electron chi connectivity index (χ0n) is 11.7. The Hall–Kier alpha value is -1.95. The van der Waals surface area contributed by atoms with Crippen LogP contribution in [0.25, 0.3) is 0 Å². The number of amides is 2. The molecule has 1 aromatic carbocycles. The fraction of sp³-hybridized carbons (Fsp3) is 0.286. The van der Waals surface area contributed by atoms with Gasteiger partial charge >= 0.3 is 6.03 Å². The monoisotopic (exact) mass is 291 g/mol. The van der Waals surface area contributed by atoms with E-state index in [0.29, 0.717) is 18.1 Å². The molecule has 20 heavy (non-hydrogen) atoms. The average molecular weight is 291 g/mol. The van der Waals surface area contributed by atoms with Gasteiger partial charge in [-0.05, 0) is 30.9 Å². The van der Waals surface area contributed by atoms with Crippen molar-refractivity contribution in [3.63, 3.8) is 0 Å². The molecule has 2 aromatic rings. The molecule has 0 saturated carbocycles. The first kappa shape index (κ1) is 14.5. The molecule has 106 valence electrons. The Bertz CT molecular complexity index is 580. The number of thioether (sulfide) groups is 1. The van der Waals surface area contributed by atoms with E-state index in [1.165, 1.54) is 4.90 Å². The second kappa shape index (κ2) is 6.47. The number of nitrogens with one attached hydrogen (secondary N) is 1. The minimum atomic E-state index is -0.216. The van der Waals surface area contributed by atoms with Crippen molar-refractivity contribution in [3.05, 3.63) is 41.7 Å². The van der Waals surface area contributed by atoms with Crippen molar-refractivity contribution in [3.8, 4) is 0 Å². The summed E-state index contributed by atoms with van der Waals surface area (Å²) >= 11 is 1.70. The molecule has 1 heterocycles. The molecular formula is C14H17N3O2S. The Balaban J connectivity index is 1.92. The molecule has 0 aliphatic rings. The molecule has 0 saturated heterocycles. The maximum absolute atomic E-state index is 12.0. The van der Waals surface area contributed by atoms with Crippen molar-refractivity contribution in [1.29, 1.82) is 0 Å². The van der Waals surface area contributed by atoms with Crippen molar-refractivity contribution in [1.82, 2.24) is 10.1 Å². The Labute approximate surface area is 122 Å². The zero-order chi connectivity index (χ0) is 14.5. The van der Waals surface area contributed by atoms with E-state index in [-0.39, 0.29) is 6.03 Å². The van der Waals surface area contributed by atoms with Gasteiger partial charge in [-0.1, -0.05) is 17.3 Å². The van der Waals surface area contributed by atoms with E-state index >= 15 is 0 Å². The summed E-state index contributed by atoms with van der Waals surface area (Å²) in [5.74, 6) is 1.09. The lowest BCUT2D eigenvalue weighted by atomic mass is 10.2. The van der Waals surface area contributed by atoms with Crippen molar-refractivity contribution in [2.75, 3.05) is 18.6 Å². The summed E-state index contributed by atoms with van der Waals surface area (Å²) in [5, 5.41) is 6.41. The second-order valence-electron chi connectivity index (χ2n) is 4.46. The van der Waals surface area contributed by atoms with Crippen molar-refractivity contribution >= 4 is 23.6 Å². The molecule has 0 unspecified atom stereocenters. The highest BCUT2D eigenvalue weighted by Crippen LogP contribution is 2.16. The van der Waals surface area contributed by atoms with E-state index in [4.69, 9.17) is 4.52 Å². The Kier molecular flexibility index (Phi) is 4.68. The van der Waals surface area contributed by atoms with Gasteiger partial charge in [-0.25, -0.2) is 4.79 Å². The van der Waals surface area contributed by atoms with Gasteiger partial charge in [-0.15, -0.1) is 11.8 Å². The smallest absolute Gasteiger partial charge is 0.323 e. The van der Waals surface area contributed by atoms with E-state index in [1.807, 2.05) is 30.5 Å². The number of nitrogens with zero attached hydrogens (tertiary/aromatic N) is 2. The summed E-state index contributed by atoms with van der Waals surface area (Å²) in [6, 6.07) is 9.61. The predicted octanol–water partition coefficient (Wildman–Crippen LogP) is 3.37. The molecule has 5 nitrogen and oxygen atoms in total. The number of carbonyl (C=O) groups excluding carboxylic acids is 1. The third-order valence-electron chi connectivity index (χ3n) is 2.79. The predicted molar refractivity (Wildman–Crippen MR) is 79.9 cm³/mol. The minimum absolute atomic E-state index is 0.216. The van der Waals surface area contributed by atoms with Gasteiger partial charge in [0.25, 0.3) is 0 Å². The molecule has 0 spiro atoms. The zero-order valence-corrected chi connectivity index (χ0v) is 12.5. The molecule has 1 aromatic heterocycles. The highest BCUT2D eigenvalue weighted by Gasteiger charge is 2.11. The van der Waals surface area contributed by atoms with Crippen molar-refractivity contribution < 1.29 is 9.32 Å². The molecule has 1 N–H and O–H groups in total. The molecule has 0 aliphatic carbocycles. The fourth-order valence-electron chi connectivity index (χ4n) is 1.71. The number of hydrogen-bond acceptors (Lipinski definition) is 4. The minimum Gasteiger partial charge on any atom is -0.360 e. The van der Waals surface area contributed by atoms with Crippen LogP contribution in [0.1, 0.15) is 11.3 Å². The second-order valence-corrected chi connectivity index (χ2v) is 5.34. The first-order valence-corrected chi connectivity index (χ1v) is 7.39. The largest absolute Gasteiger partial charge is 0.360 e. The summed E-state index contributed by atoms with van der Waals surface area (Å²) in [5.41, 5.74) is 1.08. The normalized spacial score (nSPS) is 10.3. The highest BCUT2D eigenvalue weighted by molar-refractivity contribution is 7.98. The van der Waals surface area contributed by atoms with Crippen molar-refractivity contribution in [2.45, 2.75) is 18.4 Å². The molecule has 0 bridgehead atoms. The lowest BCUT2D eigenvalue weighted by molar-refractivity contribution is 0.220. The van der Waals surface area contributed by atoms with E-state index in [0.717, 1.165) is 5.56 Å². The van der Waals surface area contributed by atoms with Gasteiger partial charge in [0.2, 0.25) is 0 Å². The summed E-state index contributed by atoms with van der Waals surface area (Å²) < 4.78 is 4.90. The Morgan fingerprint density at radius 3 is 2.65 bits per heavy atom. The van der Waals surface area contributed by atoms with Crippen LogP contribution >= 0.6 is 11.8 Å². The van der Waals surface area contributed by atoms with Crippen molar-refractivity contribution in [2.24, 2.45) is 0 Å². The summed E-state index contributed by atoms with van der Waals surface area (Å²) in [6.45, 7) is 2.32. The van der Waals surface area contributed by atoms with Gasteiger partial charge in [0.1, 0.15) is 5.76 Å². The first-order chi connectivity index (χ1) is 9.58. The van der Waals surface area contributed by atoms with Gasteiger partial charge in [0.05, 0.1) is 0 Å². The van der Waals surface area contributed by atoms with Gasteiger partial charge in [-0.2, -0.15) is 0 Å². The van der Waals surface area contributed by atoms with Gasteiger partial charge in [-0.3, -0.25) is 5.32 Å². The summed E-state index contributed by atoms with van der Waals surface area (Å²) in [6.07, 6.45) is 2.04. The molecule has 2 amide bonds. The van der Waals surface area contributed by atoms with Gasteiger partial charge in [0.15, 0.2) is 5.82 Å². The molecule has 2 rings (SSSR count). The molecule has 0 atom stereocenters. The number of hydrogen-bond donors (Lipinski definition) is 1. The molecular weight excluding hydrogens is 274 g/mol. The Morgan fingerprint density at radius 1 is 1.40 bits per heavy atom. The maximum atomic E-state index is 12.0. The third kappa shape index (κ3) is 3.77. The SMILES string of the molecule is CSc1ccc(CN(C)C(=O)Nc2cc(C)on2)cc1. The summed E-state index contributed by atoms with van der Waals surface area (Å²) in [4.78, 5) is 14.8. The number of anilines is 1. The maximum Gasteiger partial charge on any atom is 0.323 e. The molecule has 0 radical (unpaired) electrons. The van der Waals surface area contributed by atoms with Crippen LogP contribution in [0, 0.1) is 6.92 Å². The van der Waals surface area contributed by atoms with Crippen LogP contribution in [-0.4, -0.2) is 29.4 Å². The average Bonchev–Trinajstić information content (AvgIpc) is 2.85. The quantitative estimate of drug-likeness (QED) is 0.877. The first-order valence-electron chi connectivity index (χ1n) is 6.17. The lowest BCUT2D eigenvalue weighted by Crippen LogP contribution is -2.30.